The molecule has 0 unspecified atom stereocenters. The van der Waals surface area contributed by atoms with Gasteiger partial charge in [-0.15, -0.1) is 0 Å². The number of nitrogens with one attached hydrogen (secondary N) is 1. The van der Waals surface area contributed by atoms with E-state index in [1.54, 1.807) is 12.1 Å². The first kappa shape index (κ1) is 16.0. The second-order valence-electron chi connectivity index (χ2n) is 5.23. The van der Waals surface area contributed by atoms with Crippen LogP contribution in [0.25, 0.3) is 0 Å². The summed E-state index contributed by atoms with van der Waals surface area (Å²) in [5.74, 6) is -2.15. The maximum Gasteiger partial charge on any atom is 0.335 e. The number of hydrogen-bond donors (Lipinski definition) is 3. The Morgan fingerprint density at radius 2 is 2.00 bits per heavy atom. The van der Waals surface area contributed by atoms with Crippen LogP contribution in [0.5, 0.6) is 0 Å². The monoisotopic (exact) mass is 306 g/mol. The highest BCUT2D eigenvalue weighted by Gasteiger charge is 2.27. The minimum absolute atomic E-state index is 0.159. The van der Waals surface area contributed by atoms with Crippen LogP contribution in [-0.4, -0.2) is 42.1 Å². The van der Waals surface area contributed by atoms with Crippen molar-refractivity contribution in [2.75, 3.05) is 13.2 Å². The van der Waals surface area contributed by atoms with E-state index in [1.165, 1.54) is 12.1 Å². The fourth-order valence-electron chi connectivity index (χ4n) is 2.27. The predicted octanol–water partition coefficient (Wildman–Crippen LogP) is -0.0661. The summed E-state index contributed by atoms with van der Waals surface area (Å²) in [6, 6.07) is 5.27. The summed E-state index contributed by atoms with van der Waals surface area (Å²) in [5.41, 5.74) is 6.21. The van der Waals surface area contributed by atoms with E-state index in [1.807, 2.05) is 0 Å². The van der Waals surface area contributed by atoms with Crippen molar-refractivity contribution in [2.45, 2.75) is 18.9 Å². The first-order chi connectivity index (χ1) is 10.5. The number of benzene rings is 1. The van der Waals surface area contributed by atoms with Crippen LogP contribution in [-0.2, 0) is 20.7 Å². The molecular weight excluding hydrogens is 288 g/mol. The first-order valence-corrected chi connectivity index (χ1v) is 6.97. The first-order valence-electron chi connectivity index (χ1n) is 6.97. The summed E-state index contributed by atoms with van der Waals surface area (Å²) in [7, 11) is 0. The maximum atomic E-state index is 12.0. The number of ether oxygens (including phenoxy) is 1. The lowest BCUT2D eigenvalue weighted by Crippen LogP contribution is -2.48. The van der Waals surface area contributed by atoms with Gasteiger partial charge < -0.3 is 20.9 Å². The number of carbonyl (C=O) groups excluding carboxylic acids is 2. The van der Waals surface area contributed by atoms with E-state index >= 15 is 0 Å². The van der Waals surface area contributed by atoms with Gasteiger partial charge in [0.1, 0.15) is 6.04 Å². The Morgan fingerprint density at radius 1 is 1.32 bits per heavy atom. The van der Waals surface area contributed by atoms with Crippen molar-refractivity contribution in [1.29, 1.82) is 0 Å². The van der Waals surface area contributed by atoms with Crippen molar-refractivity contribution in [2.24, 2.45) is 11.7 Å². The summed E-state index contributed by atoms with van der Waals surface area (Å²) in [5, 5.41) is 11.5. The minimum Gasteiger partial charge on any atom is -0.478 e. The normalized spacial score (nSPS) is 18.6. The highest BCUT2D eigenvalue weighted by Crippen LogP contribution is 2.13. The van der Waals surface area contributed by atoms with Gasteiger partial charge in [0.25, 0.3) is 0 Å². The van der Waals surface area contributed by atoms with Gasteiger partial charge in [-0.05, 0) is 24.1 Å². The molecule has 1 fully saturated rings. The standard InChI is InChI=1S/C15H18N2O5/c16-13(18)12(17-14(19)11-5-6-22-8-11)7-9-1-3-10(4-2-9)15(20)21/h1-4,11-12H,5-8H2,(H2,16,18)(H,17,19)(H,20,21)/t11-,12+/m1/s1. The number of primary amides is 1. The Balaban J connectivity index is 2.00. The van der Waals surface area contributed by atoms with Crippen LogP contribution in [0, 0.1) is 5.92 Å². The molecule has 1 aromatic rings. The zero-order valence-electron chi connectivity index (χ0n) is 12.0. The molecule has 0 bridgehead atoms. The molecule has 1 aliphatic rings. The number of rotatable bonds is 6. The molecule has 1 heterocycles. The summed E-state index contributed by atoms with van der Waals surface area (Å²) >= 11 is 0. The molecule has 0 spiro atoms. The molecule has 22 heavy (non-hydrogen) atoms. The Labute approximate surface area is 127 Å². The van der Waals surface area contributed by atoms with Gasteiger partial charge in [0.15, 0.2) is 0 Å². The SMILES string of the molecule is NC(=O)[C@H](Cc1ccc(C(=O)O)cc1)NC(=O)[C@@H]1CCOC1. The molecular formula is C15H18N2O5. The van der Waals surface area contributed by atoms with Crippen LogP contribution in [0.3, 0.4) is 0 Å². The minimum atomic E-state index is -1.02. The van der Waals surface area contributed by atoms with E-state index in [0.717, 1.165) is 5.56 Å². The number of aromatic carboxylic acids is 1. The molecule has 2 atom stereocenters. The average molecular weight is 306 g/mol. The largest absolute Gasteiger partial charge is 0.478 e. The summed E-state index contributed by atoms with van der Waals surface area (Å²) < 4.78 is 5.14. The molecule has 1 saturated heterocycles. The fraction of sp³-hybridized carbons (Fsp3) is 0.400. The second-order valence-corrected chi connectivity index (χ2v) is 5.23. The van der Waals surface area contributed by atoms with Gasteiger partial charge in [-0.2, -0.15) is 0 Å². The molecule has 0 aromatic heterocycles. The number of carboxylic acids is 1. The average Bonchev–Trinajstić information content (AvgIpc) is 3.01. The van der Waals surface area contributed by atoms with Gasteiger partial charge in [0.05, 0.1) is 18.1 Å². The summed E-state index contributed by atoms with van der Waals surface area (Å²) in [6.45, 7) is 0.889. The zero-order chi connectivity index (χ0) is 16.1. The van der Waals surface area contributed by atoms with E-state index in [0.29, 0.717) is 19.6 Å². The van der Waals surface area contributed by atoms with E-state index in [-0.39, 0.29) is 23.8 Å². The van der Waals surface area contributed by atoms with Crippen molar-refractivity contribution in [1.82, 2.24) is 5.32 Å². The van der Waals surface area contributed by atoms with Crippen LogP contribution in [0.2, 0.25) is 0 Å². The van der Waals surface area contributed by atoms with Crippen LogP contribution >= 0.6 is 0 Å². The van der Waals surface area contributed by atoms with Gasteiger partial charge in [-0.25, -0.2) is 4.79 Å². The Hall–Kier alpha value is -2.41. The molecule has 0 aliphatic carbocycles. The van der Waals surface area contributed by atoms with E-state index in [4.69, 9.17) is 15.6 Å². The van der Waals surface area contributed by atoms with Crippen LogP contribution in [0.15, 0.2) is 24.3 Å². The lowest BCUT2D eigenvalue weighted by atomic mass is 10.0. The molecule has 0 radical (unpaired) electrons. The van der Waals surface area contributed by atoms with Gasteiger partial charge in [0, 0.05) is 13.0 Å². The molecule has 1 aliphatic heterocycles. The van der Waals surface area contributed by atoms with Crippen LogP contribution in [0.1, 0.15) is 22.3 Å². The molecule has 7 heteroatoms. The third kappa shape index (κ3) is 4.05. The topological polar surface area (TPSA) is 119 Å². The molecule has 2 amide bonds. The zero-order valence-corrected chi connectivity index (χ0v) is 12.0. The lowest BCUT2D eigenvalue weighted by molar-refractivity contribution is -0.129. The quantitative estimate of drug-likeness (QED) is 0.680. The molecule has 1 aromatic carbocycles. The van der Waals surface area contributed by atoms with Crippen molar-refractivity contribution in [3.8, 4) is 0 Å². The number of nitrogens with two attached hydrogens (primary N) is 1. The van der Waals surface area contributed by atoms with Crippen molar-refractivity contribution >= 4 is 17.8 Å². The summed E-state index contributed by atoms with van der Waals surface area (Å²) in [4.78, 5) is 34.3. The van der Waals surface area contributed by atoms with Crippen molar-refractivity contribution in [3.05, 3.63) is 35.4 Å². The number of hydrogen-bond acceptors (Lipinski definition) is 4. The van der Waals surface area contributed by atoms with E-state index in [9.17, 15) is 14.4 Å². The Morgan fingerprint density at radius 3 is 2.50 bits per heavy atom. The van der Waals surface area contributed by atoms with Crippen LogP contribution in [0.4, 0.5) is 0 Å². The molecule has 4 N–H and O–H groups in total. The third-order valence-electron chi connectivity index (χ3n) is 3.60. The number of carbonyl (C=O) groups is 3. The van der Waals surface area contributed by atoms with Gasteiger partial charge >= 0.3 is 5.97 Å². The van der Waals surface area contributed by atoms with Crippen LogP contribution < -0.4 is 11.1 Å². The third-order valence-corrected chi connectivity index (χ3v) is 3.60. The molecule has 0 saturated carbocycles. The summed E-state index contributed by atoms with van der Waals surface area (Å²) in [6.07, 6.45) is 0.846. The smallest absolute Gasteiger partial charge is 0.335 e. The second kappa shape index (κ2) is 7.04. The number of carboxylic acid groups (broad SMARTS) is 1. The highest BCUT2D eigenvalue weighted by molar-refractivity contribution is 5.88. The number of amides is 2. The van der Waals surface area contributed by atoms with Crippen molar-refractivity contribution in [3.63, 3.8) is 0 Å². The molecule has 2 rings (SSSR count). The van der Waals surface area contributed by atoms with E-state index < -0.39 is 17.9 Å². The maximum absolute atomic E-state index is 12.0. The highest BCUT2D eigenvalue weighted by atomic mass is 16.5. The lowest BCUT2D eigenvalue weighted by Gasteiger charge is -2.17. The Kier molecular flexibility index (Phi) is 5.11. The van der Waals surface area contributed by atoms with Gasteiger partial charge in [0.2, 0.25) is 11.8 Å². The van der Waals surface area contributed by atoms with Gasteiger partial charge in [-0.3, -0.25) is 9.59 Å². The molecule has 118 valence electrons. The molecule has 7 nitrogen and oxygen atoms in total. The fourth-order valence-corrected chi connectivity index (χ4v) is 2.27. The van der Waals surface area contributed by atoms with Crippen molar-refractivity contribution < 1.29 is 24.2 Å². The Bertz CT molecular complexity index is 564. The predicted molar refractivity (Wildman–Crippen MR) is 77.2 cm³/mol. The van der Waals surface area contributed by atoms with E-state index in [2.05, 4.69) is 5.32 Å². The van der Waals surface area contributed by atoms with Gasteiger partial charge in [-0.1, -0.05) is 12.1 Å².